The second kappa shape index (κ2) is 11.5. The minimum Gasteiger partial charge on any atom is -0.444 e. The molecule has 0 aliphatic carbocycles. The van der Waals surface area contributed by atoms with Crippen molar-refractivity contribution < 1.29 is 32.6 Å². The standard InChI is InChI=1S/C27H29F3IN3O4/c1-25(2,3)38-24(36)34-12-10-19(11-13-34)26(37,15-17-6-4-5-7-22(17)31)23(35)33-20-9-8-18(16-32)21(14-20)27(28,29)30/h4-9,14,19,37H,10-13,15H2,1-3H3,(H,33,35). The first kappa shape index (κ1) is 29.7. The molecule has 1 unspecified atom stereocenters. The molecule has 3 rings (SSSR count). The molecule has 1 atom stereocenters. The predicted octanol–water partition coefficient (Wildman–Crippen LogP) is 5.74. The first-order valence-corrected chi connectivity index (χ1v) is 13.1. The fraction of sp³-hybridized carbons (Fsp3) is 0.444. The summed E-state index contributed by atoms with van der Waals surface area (Å²) in [6.07, 6.45) is -4.78. The number of hydrogen-bond acceptors (Lipinski definition) is 5. The third kappa shape index (κ3) is 7.17. The molecule has 0 bridgehead atoms. The summed E-state index contributed by atoms with van der Waals surface area (Å²) in [4.78, 5) is 27.6. The van der Waals surface area contributed by atoms with Gasteiger partial charge in [0.05, 0.1) is 17.2 Å². The number of likely N-dealkylation sites (tertiary alicyclic amines) is 1. The Labute approximate surface area is 233 Å². The maximum absolute atomic E-state index is 13.6. The highest BCUT2D eigenvalue weighted by atomic mass is 127. The van der Waals surface area contributed by atoms with Gasteiger partial charge in [0.25, 0.3) is 5.91 Å². The summed E-state index contributed by atoms with van der Waals surface area (Å²) >= 11 is 2.10. The number of rotatable bonds is 5. The van der Waals surface area contributed by atoms with Crippen LogP contribution in [-0.4, -0.2) is 46.3 Å². The number of halogens is 4. The third-order valence-electron chi connectivity index (χ3n) is 6.34. The average Bonchev–Trinajstić information content (AvgIpc) is 2.84. The number of aliphatic hydroxyl groups is 1. The first-order chi connectivity index (χ1) is 17.6. The number of benzene rings is 2. The van der Waals surface area contributed by atoms with E-state index in [0.29, 0.717) is 11.6 Å². The Morgan fingerprint density at radius 2 is 1.79 bits per heavy atom. The topological polar surface area (TPSA) is 103 Å². The van der Waals surface area contributed by atoms with Gasteiger partial charge in [-0.15, -0.1) is 0 Å². The van der Waals surface area contributed by atoms with Crippen molar-refractivity contribution in [2.24, 2.45) is 5.92 Å². The van der Waals surface area contributed by atoms with Gasteiger partial charge in [-0.2, -0.15) is 18.4 Å². The smallest absolute Gasteiger partial charge is 0.417 e. The lowest BCUT2D eigenvalue weighted by Crippen LogP contribution is -2.55. The number of amides is 2. The average molecular weight is 643 g/mol. The number of nitrogens with zero attached hydrogens (tertiary/aromatic N) is 2. The van der Waals surface area contributed by atoms with Crippen LogP contribution in [0.15, 0.2) is 42.5 Å². The number of hydrogen-bond donors (Lipinski definition) is 2. The summed E-state index contributed by atoms with van der Waals surface area (Å²) < 4.78 is 46.6. The second-order valence-corrected chi connectivity index (χ2v) is 11.4. The molecule has 1 aliphatic heterocycles. The van der Waals surface area contributed by atoms with Crippen molar-refractivity contribution in [2.45, 2.75) is 57.4 Å². The molecule has 0 radical (unpaired) electrons. The van der Waals surface area contributed by atoms with E-state index < -0.39 is 46.4 Å². The van der Waals surface area contributed by atoms with Crippen LogP contribution in [0.1, 0.15) is 50.3 Å². The molecule has 1 fully saturated rings. The van der Waals surface area contributed by atoms with Crippen LogP contribution in [0.25, 0.3) is 0 Å². The van der Waals surface area contributed by atoms with Crippen LogP contribution < -0.4 is 5.32 Å². The number of nitriles is 1. The molecule has 38 heavy (non-hydrogen) atoms. The normalized spacial score (nSPS) is 16.3. The van der Waals surface area contributed by atoms with E-state index in [4.69, 9.17) is 10.00 Å². The van der Waals surface area contributed by atoms with E-state index in [1.807, 2.05) is 12.1 Å². The van der Waals surface area contributed by atoms with Gasteiger partial charge in [0, 0.05) is 34.7 Å². The largest absolute Gasteiger partial charge is 0.444 e. The molecule has 2 amide bonds. The summed E-state index contributed by atoms with van der Waals surface area (Å²) in [5.74, 6) is -1.44. The van der Waals surface area contributed by atoms with Crippen molar-refractivity contribution >= 4 is 40.3 Å². The lowest BCUT2D eigenvalue weighted by molar-refractivity contribution is -0.142. The van der Waals surface area contributed by atoms with E-state index in [9.17, 15) is 27.9 Å². The minimum absolute atomic E-state index is 0.0720. The van der Waals surface area contributed by atoms with Crippen molar-refractivity contribution in [1.29, 1.82) is 5.26 Å². The van der Waals surface area contributed by atoms with E-state index in [0.717, 1.165) is 9.64 Å². The predicted molar refractivity (Wildman–Crippen MR) is 143 cm³/mol. The zero-order valence-corrected chi connectivity index (χ0v) is 23.4. The SMILES string of the molecule is CC(C)(C)OC(=O)N1CCC(C(O)(Cc2ccccc2I)C(=O)Nc2ccc(C#N)c(C(F)(F)F)c2)CC1. The highest BCUT2D eigenvalue weighted by Gasteiger charge is 2.46. The fourth-order valence-corrected chi connectivity index (χ4v) is 4.98. The number of ether oxygens (including phenoxy) is 1. The molecule has 2 N–H and O–H groups in total. The van der Waals surface area contributed by atoms with Crippen LogP contribution in [0, 0.1) is 20.8 Å². The lowest BCUT2D eigenvalue weighted by Gasteiger charge is -2.41. The maximum Gasteiger partial charge on any atom is 0.417 e. The Morgan fingerprint density at radius 3 is 2.34 bits per heavy atom. The van der Waals surface area contributed by atoms with Crippen LogP contribution >= 0.6 is 22.6 Å². The first-order valence-electron chi connectivity index (χ1n) is 12.0. The molecule has 0 spiro atoms. The van der Waals surface area contributed by atoms with Crippen molar-refractivity contribution in [1.82, 2.24) is 4.90 Å². The van der Waals surface area contributed by atoms with Crippen LogP contribution in [0.3, 0.4) is 0 Å². The summed E-state index contributed by atoms with van der Waals surface area (Å²) in [5.41, 5.74) is -3.88. The molecular weight excluding hydrogens is 614 g/mol. The highest BCUT2D eigenvalue weighted by molar-refractivity contribution is 14.1. The number of anilines is 1. The van der Waals surface area contributed by atoms with Gasteiger partial charge in [-0.25, -0.2) is 4.79 Å². The van der Waals surface area contributed by atoms with Gasteiger partial charge in [0.2, 0.25) is 0 Å². The third-order valence-corrected chi connectivity index (χ3v) is 7.39. The molecule has 2 aromatic carbocycles. The van der Waals surface area contributed by atoms with Gasteiger partial charge in [0.15, 0.2) is 0 Å². The molecule has 1 saturated heterocycles. The van der Waals surface area contributed by atoms with E-state index in [-0.39, 0.29) is 38.0 Å². The molecule has 11 heteroatoms. The van der Waals surface area contributed by atoms with Gasteiger partial charge in [-0.1, -0.05) is 18.2 Å². The van der Waals surface area contributed by atoms with Crippen LogP contribution in [0.5, 0.6) is 0 Å². The molecule has 2 aromatic rings. The Morgan fingerprint density at radius 1 is 1.16 bits per heavy atom. The second-order valence-electron chi connectivity index (χ2n) is 10.3. The quantitative estimate of drug-likeness (QED) is 0.405. The summed E-state index contributed by atoms with van der Waals surface area (Å²) in [5, 5.41) is 23.4. The Kier molecular flexibility index (Phi) is 8.98. The Bertz CT molecular complexity index is 1230. The van der Waals surface area contributed by atoms with Crippen LogP contribution in [0.4, 0.5) is 23.7 Å². The Hall–Kier alpha value is -2.85. The van der Waals surface area contributed by atoms with Crippen LogP contribution in [0.2, 0.25) is 0 Å². The number of carbonyl (C=O) groups is 2. The zero-order valence-electron chi connectivity index (χ0n) is 21.2. The molecule has 0 saturated carbocycles. The molecule has 204 valence electrons. The van der Waals surface area contributed by atoms with E-state index >= 15 is 0 Å². The fourth-order valence-electron chi connectivity index (χ4n) is 4.40. The number of piperidine rings is 1. The van der Waals surface area contributed by atoms with Crippen molar-refractivity contribution in [3.8, 4) is 6.07 Å². The van der Waals surface area contributed by atoms with Crippen molar-refractivity contribution in [3.63, 3.8) is 0 Å². The Balaban J connectivity index is 1.88. The van der Waals surface area contributed by atoms with Gasteiger partial charge in [0.1, 0.15) is 11.2 Å². The molecule has 1 heterocycles. The van der Waals surface area contributed by atoms with Gasteiger partial charge in [-0.05, 0) is 86.0 Å². The van der Waals surface area contributed by atoms with Crippen molar-refractivity contribution in [3.05, 3.63) is 62.7 Å². The van der Waals surface area contributed by atoms with E-state index in [2.05, 4.69) is 27.9 Å². The lowest BCUT2D eigenvalue weighted by atomic mass is 9.76. The zero-order chi connectivity index (χ0) is 28.3. The summed E-state index contributed by atoms with van der Waals surface area (Å²) in [6.45, 7) is 5.77. The monoisotopic (exact) mass is 643 g/mol. The summed E-state index contributed by atoms with van der Waals surface area (Å²) in [7, 11) is 0. The van der Waals surface area contributed by atoms with E-state index in [1.54, 1.807) is 32.9 Å². The van der Waals surface area contributed by atoms with Crippen LogP contribution in [-0.2, 0) is 22.1 Å². The van der Waals surface area contributed by atoms with Crippen molar-refractivity contribution in [2.75, 3.05) is 18.4 Å². The number of carbonyl (C=O) groups excluding carboxylic acids is 2. The van der Waals surface area contributed by atoms with Gasteiger partial charge < -0.3 is 20.1 Å². The van der Waals surface area contributed by atoms with E-state index in [1.165, 1.54) is 17.0 Å². The number of nitrogens with one attached hydrogen (secondary N) is 1. The molecule has 7 nitrogen and oxygen atoms in total. The number of alkyl halides is 3. The molecule has 0 aromatic heterocycles. The van der Waals surface area contributed by atoms with Gasteiger partial charge >= 0.3 is 12.3 Å². The minimum atomic E-state index is -4.79. The molecule has 1 aliphatic rings. The molecular formula is C27H29F3IN3O4. The van der Waals surface area contributed by atoms with Gasteiger partial charge in [-0.3, -0.25) is 4.79 Å². The maximum atomic E-state index is 13.6. The summed E-state index contributed by atoms with van der Waals surface area (Å²) in [6, 6.07) is 11.6. The highest BCUT2D eigenvalue weighted by Crippen LogP contribution is 2.36.